The van der Waals surface area contributed by atoms with Gasteiger partial charge in [-0.25, -0.2) is 36.9 Å². The average molecular weight is 879 g/mol. The zero-order valence-corrected chi connectivity index (χ0v) is 31.8. The van der Waals surface area contributed by atoms with Gasteiger partial charge in [-0.05, 0) is 40.8 Å². The van der Waals surface area contributed by atoms with Crippen LogP contribution in [0.15, 0.2) is 84.3 Å². The molecule has 55 heavy (non-hydrogen) atoms. The number of amides is 6. The summed E-state index contributed by atoms with van der Waals surface area (Å²) >= 11 is 2.25. The number of likely N-dealkylation sites (N-methyl/N-ethyl adjacent to an activating group) is 1. The summed E-state index contributed by atoms with van der Waals surface area (Å²) < 4.78 is 41.5. The van der Waals surface area contributed by atoms with Crippen LogP contribution in [0.3, 0.4) is 0 Å². The molecule has 6 bridgehead atoms. The minimum atomic E-state index is -0.403. The number of H-pyrrole nitrogens is 1. The van der Waals surface area contributed by atoms with Gasteiger partial charge < -0.3 is 19.6 Å². The highest BCUT2D eigenvalue weighted by molar-refractivity contribution is 14.1. The lowest BCUT2D eigenvalue weighted by atomic mass is 10.2. The maximum Gasteiger partial charge on any atom is 0.345 e. The molecule has 6 amide bonds. The van der Waals surface area contributed by atoms with E-state index in [1.165, 1.54) is 41.7 Å². The van der Waals surface area contributed by atoms with Crippen LogP contribution in [0.4, 0.5) is 27.6 Å². The molecule has 3 atom stereocenters. The third kappa shape index (κ3) is 9.11. The molecule has 0 aromatic carbocycles. The van der Waals surface area contributed by atoms with Crippen LogP contribution < -0.4 is 0 Å². The van der Waals surface area contributed by atoms with Gasteiger partial charge in [0, 0.05) is 30.3 Å². The van der Waals surface area contributed by atoms with E-state index in [0.717, 1.165) is 36.5 Å². The van der Waals surface area contributed by atoms with E-state index in [1.54, 1.807) is 38.8 Å². The minimum absolute atomic E-state index is 0.0175. The molecule has 6 aliphatic rings. The monoisotopic (exact) mass is 878 g/mol. The summed E-state index contributed by atoms with van der Waals surface area (Å²) in [5.74, 6) is -1.09. The van der Waals surface area contributed by atoms with Gasteiger partial charge in [0.05, 0.1) is 99.5 Å². The van der Waals surface area contributed by atoms with Crippen LogP contribution in [0.2, 0.25) is 0 Å². The highest BCUT2D eigenvalue weighted by atomic mass is 127. The summed E-state index contributed by atoms with van der Waals surface area (Å²) in [7, 11) is 1.77. The first kappa shape index (κ1) is 39.3. The largest absolute Gasteiger partial charge is 0.345 e. The highest BCUT2D eigenvalue weighted by Crippen LogP contribution is 2.28. The summed E-state index contributed by atoms with van der Waals surface area (Å²) in [4.78, 5) is 52.9. The Hall–Kier alpha value is -5.42. The van der Waals surface area contributed by atoms with Crippen molar-refractivity contribution < 1.29 is 37.2 Å². The summed E-state index contributed by atoms with van der Waals surface area (Å²) in [6.07, 6.45) is 16.3. The van der Waals surface area contributed by atoms with E-state index in [0.29, 0.717) is 39.3 Å². The van der Waals surface area contributed by atoms with Gasteiger partial charge in [0.2, 0.25) is 0 Å². The van der Waals surface area contributed by atoms with Crippen LogP contribution in [-0.4, -0.2) is 155 Å². The predicted molar refractivity (Wildman–Crippen MR) is 200 cm³/mol. The molecule has 0 spiro atoms. The molecule has 3 saturated heterocycles. The van der Waals surface area contributed by atoms with E-state index >= 15 is 0 Å². The molecule has 3 fully saturated rings. The molecule has 3 aromatic heterocycles. The van der Waals surface area contributed by atoms with Gasteiger partial charge in [-0.2, -0.15) is 25.4 Å². The summed E-state index contributed by atoms with van der Waals surface area (Å²) in [5.41, 5.74) is 1.61. The lowest BCUT2D eigenvalue weighted by Gasteiger charge is -2.21. The number of fused-ring (bicyclic) bond motifs is 6. The zero-order valence-electron chi connectivity index (χ0n) is 29.6. The molecule has 0 radical (unpaired) electrons. The number of carbonyl (C=O) groups excluding carboxylic acids is 3. The smallest absolute Gasteiger partial charge is 0.319 e. The van der Waals surface area contributed by atoms with Gasteiger partial charge in [0.25, 0.3) is 0 Å². The van der Waals surface area contributed by atoms with E-state index in [-0.39, 0.29) is 54.5 Å². The van der Waals surface area contributed by atoms with Crippen molar-refractivity contribution in [1.82, 2.24) is 59.5 Å². The lowest BCUT2D eigenvalue weighted by Crippen LogP contribution is -2.33. The summed E-state index contributed by atoms with van der Waals surface area (Å²) in [6.45, 7) is 11.4. The number of hydroxylamine groups is 4. The van der Waals surface area contributed by atoms with Gasteiger partial charge >= 0.3 is 18.1 Å². The third-order valence-corrected chi connectivity index (χ3v) is 9.52. The number of nitrogens with one attached hydrogen (secondary N) is 1. The molecule has 1 N–H and O–H groups in total. The molecule has 6 aliphatic heterocycles. The van der Waals surface area contributed by atoms with Crippen molar-refractivity contribution in [1.29, 1.82) is 0 Å². The molecule has 3 aromatic rings. The molecule has 292 valence electrons. The predicted octanol–water partition coefficient (Wildman–Crippen LogP) is 3.80. The lowest BCUT2D eigenvalue weighted by molar-refractivity contribution is -0.107. The number of aromatic nitrogens is 6. The van der Waals surface area contributed by atoms with Gasteiger partial charge in [-0.1, -0.05) is 12.2 Å². The number of hydrogen-bond acceptors (Lipinski definition) is 8. The first-order valence-corrected chi connectivity index (χ1v) is 18.0. The van der Waals surface area contributed by atoms with Gasteiger partial charge in [0.1, 0.15) is 0 Å². The molecular formula is C34H38F3IN12O5. The Kier molecular flexibility index (Phi) is 12.4. The maximum atomic E-state index is 13.0. The number of aromatic amines is 1. The second-order valence-electron chi connectivity index (χ2n) is 12.7. The second-order valence-corrected chi connectivity index (χ2v) is 14.1. The van der Waals surface area contributed by atoms with Crippen LogP contribution in [0, 0.1) is 17.5 Å². The van der Waals surface area contributed by atoms with Crippen LogP contribution >= 0.6 is 22.6 Å². The van der Waals surface area contributed by atoms with Crippen molar-refractivity contribution in [2.24, 2.45) is 0 Å². The van der Waals surface area contributed by atoms with Crippen molar-refractivity contribution >= 4 is 52.1 Å². The van der Waals surface area contributed by atoms with Gasteiger partial charge in [0.15, 0.2) is 17.5 Å². The molecule has 0 saturated carbocycles. The molecule has 21 heteroatoms. The van der Waals surface area contributed by atoms with Gasteiger partial charge in [-0.15, -0.1) is 13.2 Å². The Morgan fingerprint density at radius 1 is 0.745 bits per heavy atom. The Labute approximate surface area is 327 Å². The van der Waals surface area contributed by atoms with Crippen molar-refractivity contribution in [3.05, 3.63) is 102 Å². The Morgan fingerprint density at radius 3 is 1.67 bits per heavy atom. The summed E-state index contributed by atoms with van der Waals surface area (Å²) in [6, 6.07) is -0.246. The quantitative estimate of drug-likeness (QED) is 0.265. The van der Waals surface area contributed by atoms with Crippen LogP contribution in [0.1, 0.15) is 0 Å². The molecular weight excluding hydrogens is 840 g/mol. The Morgan fingerprint density at radius 2 is 1.24 bits per heavy atom. The van der Waals surface area contributed by atoms with Crippen LogP contribution in [0.25, 0.3) is 11.4 Å². The molecule has 9 rings (SSSR count). The van der Waals surface area contributed by atoms with Crippen molar-refractivity contribution in [3.8, 4) is 0 Å². The number of nitrogens with zero attached hydrogens (tertiary/aromatic N) is 11. The number of carbonyl (C=O) groups is 3. The SMILES string of the molecule is C=CCON1C(=O)N2CC(I)=CC1C2.C=CCON1C(=O)N2CC(n3cc(F)cn3)=CC1C2.CN1C(=O)N2CC(n3cc(F)cn3)=CC1C2.Fc1cn[nH]c1. The number of rotatable bonds is 8. The highest BCUT2D eigenvalue weighted by Gasteiger charge is 2.42. The Balaban J connectivity index is 0.000000131. The second kappa shape index (κ2) is 17.4. The number of urea groups is 3. The number of halogens is 4. The fraction of sp³-hybridized carbons (Fsp3) is 0.353. The molecule has 3 unspecified atom stereocenters. The fourth-order valence-corrected chi connectivity index (χ4v) is 7.14. The van der Waals surface area contributed by atoms with Crippen LogP contribution in [-0.2, 0) is 9.68 Å². The fourth-order valence-electron chi connectivity index (χ4n) is 6.31. The normalized spacial score (nSPS) is 21.9. The van der Waals surface area contributed by atoms with E-state index < -0.39 is 5.82 Å². The van der Waals surface area contributed by atoms with Crippen molar-refractivity contribution in [3.63, 3.8) is 0 Å². The third-order valence-electron chi connectivity index (χ3n) is 8.82. The topological polar surface area (TPSA) is 153 Å². The van der Waals surface area contributed by atoms with E-state index in [2.05, 4.69) is 62.2 Å². The van der Waals surface area contributed by atoms with Crippen molar-refractivity contribution in [2.75, 3.05) is 59.5 Å². The average Bonchev–Trinajstić information content (AvgIpc) is 4.04. The number of hydrogen-bond donors (Lipinski definition) is 1. The van der Waals surface area contributed by atoms with E-state index in [1.807, 2.05) is 12.2 Å². The molecule has 0 aliphatic carbocycles. The van der Waals surface area contributed by atoms with Crippen LogP contribution in [0.5, 0.6) is 0 Å². The zero-order chi connectivity index (χ0) is 39.2. The van der Waals surface area contributed by atoms with Crippen molar-refractivity contribution in [2.45, 2.75) is 18.1 Å². The first-order chi connectivity index (χ1) is 26.4. The summed E-state index contributed by atoms with van der Waals surface area (Å²) in [5, 5.41) is 16.2. The first-order valence-electron chi connectivity index (χ1n) is 16.9. The van der Waals surface area contributed by atoms with Gasteiger partial charge in [-0.3, -0.25) is 14.8 Å². The maximum absolute atomic E-state index is 13.0. The minimum Gasteiger partial charge on any atom is -0.319 e. The molecule has 17 nitrogen and oxygen atoms in total. The standard InChI is InChI=1S/C12H13FN4O2.C10H11FN4O.C9H11IN2O2.C3H3FN2/c1-2-3-19-17-11-4-10(7-15(8-11)12(17)18)16-6-9(13)5-14-16;1-13-8-2-9(6-14(5-8)10(13)16)15-4-7(11)3-12-15;1-2-3-14-12-8-4-7(10)5-11(6-8)9(12)13;4-3-1-5-6-2-3/h2,4-6,11H,1,3,7-8H2;2-4,8H,5-6H2,1H3;2,4,8H,1,3,5-6H2;1-2H,(H,5,6). The van der Waals surface area contributed by atoms with E-state index in [4.69, 9.17) is 9.68 Å². The molecule has 9 heterocycles. The Bertz CT molecular complexity index is 1980. The van der Waals surface area contributed by atoms with E-state index in [9.17, 15) is 27.6 Å².